The fraction of sp³-hybridized carbons (Fsp3) is 0.462. The highest BCUT2D eigenvalue weighted by Gasteiger charge is 2.19. The van der Waals surface area contributed by atoms with Crippen molar-refractivity contribution >= 4 is 5.91 Å². The van der Waals surface area contributed by atoms with E-state index in [1.807, 2.05) is 13.8 Å². The molecule has 2 aromatic heterocycles. The lowest BCUT2D eigenvalue weighted by Gasteiger charge is -2.09. The first-order valence-electron chi connectivity index (χ1n) is 6.57. The zero-order chi connectivity index (χ0) is 15.6. The van der Waals surface area contributed by atoms with E-state index in [1.165, 1.54) is 19.2 Å². The molecule has 8 heteroatoms. The van der Waals surface area contributed by atoms with Crippen molar-refractivity contribution in [2.45, 2.75) is 32.7 Å². The van der Waals surface area contributed by atoms with Gasteiger partial charge in [0.25, 0.3) is 11.5 Å². The molecule has 0 saturated heterocycles. The van der Waals surface area contributed by atoms with E-state index < -0.39 is 11.9 Å². The quantitative estimate of drug-likeness (QED) is 0.892. The van der Waals surface area contributed by atoms with Gasteiger partial charge in [0.2, 0.25) is 11.8 Å². The summed E-state index contributed by atoms with van der Waals surface area (Å²) in [6.45, 7) is 5.61. The van der Waals surface area contributed by atoms with E-state index in [0.29, 0.717) is 11.8 Å². The number of aryl methyl sites for hydroxylation is 1. The summed E-state index contributed by atoms with van der Waals surface area (Å²) < 4.78 is 6.57. The second-order valence-corrected chi connectivity index (χ2v) is 5.01. The van der Waals surface area contributed by atoms with E-state index in [-0.39, 0.29) is 17.2 Å². The number of amides is 1. The number of aromatic nitrogens is 4. The minimum absolute atomic E-state index is 0.125. The van der Waals surface area contributed by atoms with Crippen LogP contribution in [0, 0.1) is 0 Å². The van der Waals surface area contributed by atoms with Gasteiger partial charge in [0.15, 0.2) is 0 Å². The molecule has 2 aromatic rings. The molecular formula is C13H17N5O3. The van der Waals surface area contributed by atoms with E-state index >= 15 is 0 Å². The molecule has 0 aromatic carbocycles. The molecule has 0 bridgehead atoms. The number of nitrogens with zero attached hydrogens (tertiary/aromatic N) is 4. The van der Waals surface area contributed by atoms with Gasteiger partial charge < -0.3 is 9.73 Å². The van der Waals surface area contributed by atoms with E-state index in [9.17, 15) is 9.59 Å². The molecule has 112 valence electrons. The molecular weight excluding hydrogens is 274 g/mol. The lowest BCUT2D eigenvalue weighted by molar-refractivity contribution is 0.0926. The number of carbonyl (C=O) groups excluding carboxylic acids is 1. The summed E-state index contributed by atoms with van der Waals surface area (Å²) in [6, 6.07) is 2.21. The maximum absolute atomic E-state index is 12.1. The maximum Gasteiger partial charge on any atom is 0.272 e. The number of nitrogens with one attached hydrogen (secondary N) is 1. The Morgan fingerprint density at radius 2 is 1.90 bits per heavy atom. The SMILES string of the molecule is CC(C)c1nnc(C(C)NC(=O)c2ccc(=O)n(C)n2)o1. The molecule has 1 atom stereocenters. The first kappa shape index (κ1) is 14.9. The predicted octanol–water partition coefficient (Wildman–Crippen LogP) is 0.778. The Labute approximate surface area is 121 Å². The van der Waals surface area contributed by atoms with Gasteiger partial charge in [-0.2, -0.15) is 5.10 Å². The predicted molar refractivity (Wildman–Crippen MR) is 73.7 cm³/mol. The van der Waals surface area contributed by atoms with Gasteiger partial charge in [-0.1, -0.05) is 13.8 Å². The first-order chi connectivity index (χ1) is 9.88. The average Bonchev–Trinajstić information content (AvgIpc) is 2.91. The third-order valence-corrected chi connectivity index (χ3v) is 2.86. The van der Waals surface area contributed by atoms with Gasteiger partial charge in [0, 0.05) is 19.0 Å². The van der Waals surface area contributed by atoms with Gasteiger partial charge in [-0.3, -0.25) is 9.59 Å². The van der Waals surface area contributed by atoms with Crippen LogP contribution in [0.2, 0.25) is 0 Å². The largest absolute Gasteiger partial charge is 0.423 e. The summed E-state index contributed by atoms with van der Waals surface area (Å²) in [7, 11) is 1.48. The van der Waals surface area contributed by atoms with Crippen molar-refractivity contribution < 1.29 is 9.21 Å². The van der Waals surface area contributed by atoms with Crippen molar-refractivity contribution in [1.29, 1.82) is 0 Å². The number of rotatable bonds is 4. The lowest BCUT2D eigenvalue weighted by Crippen LogP contribution is -2.30. The Balaban J connectivity index is 2.10. The Morgan fingerprint density at radius 3 is 2.48 bits per heavy atom. The Morgan fingerprint density at radius 1 is 1.24 bits per heavy atom. The van der Waals surface area contributed by atoms with Crippen molar-refractivity contribution in [3.63, 3.8) is 0 Å². The molecule has 1 unspecified atom stereocenters. The van der Waals surface area contributed by atoms with E-state index in [4.69, 9.17) is 4.42 Å². The molecule has 0 saturated carbocycles. The van der Waals surface area contributed by atoms with Crippen LogP contribution in [-0.2, 0) is 7.05 Å². The molecule has 0 fully saturated rings. The molecule has 1 N–H and O–H groups in total. The molecule has 1 amide bonds. The fourth-order valence-corrected chi connectivity index (χ4v) is 1.61. The number of hydrogen-bond donors (Lipinski definition) is 1. The van der Waals surface area contributed by atoms with Crippen LogP contribution in [0.25, 0.3) is 0 Å². The summed E-state index contributed by atoms with van der Waals surface area (Å²) >= 11 is 0. The van der Waals surface area contributed by atoms with Crippen molar-refractivity contribution in [2.75, 3.05) is 0 Å². The zero-order valence-corrected chi connectivity index (χ0v) is 12.3. The van der Waals surface area contributed by atoms with E-state index in [2.05, 4.69) is 20.6 Å². The minimum atomic E-state index is -0.448. The normalized spacial score (nSPS) is 12.4. The first-order valence-corrected chi connectivity index (χ1v) is 6.57. The van der Waals surface area contributed by atoms with Crippen molar-refractivity contribution in [3.05, 3.63) is 40.0 Å². The third kappa shape index (κ3) is 3.33. The zero-order valence-electron chi connectivity index (χ0n) is 12.3. The van der Waals surface area contributed by atoms with Gasteiger partial charge in [-0.25, -0.2) is 4.68 Å². The van der Waals surface area contributed by atoms with E-state index in [1.54, 1.807) is 6.92 Å². The monoisotopic (exact) mass is 291 g/mol. The van der Waals surface area contributed by atoms with Crippen molar-refractivity contribution in [2.24, 2.45) is 7.05 Å². The van der Waals surface area contributed by atoms with Crippen LogP contribution in [0.1, 0.15) is 55.0 Å². The second kappa shape index (κ2) is 5.86. The third-order valence-electron chi connectivity index (χ3n) is 2.86. The van der Waals surface area contributed by atoms with Crippen LogP contribution in [0.15, 0.2) is 21.3 Å². The Hall–Kier alpha value is -2.51. The van der Waals surface area contributed by atoms with Crippen LogP contribution in [0.4, 0.5) is 0 Å². The molecule has 0 aliphatic heterocycles. The van der Waals surface area contributed by atoms with Crippen LogP contribution in [-0.4, -0.2) is 25.9 Å². The molecule has 0 aliphatic carbocycles. The van der Waals surface area contributed by atoms with Crippen LogP contribution >= 0.6 is 0 Å². The fourth-order valence-electron chi connectivity index (χ4n) is 1.61. The van der Waals surface area contributed by atoms with Gasteiger partial charge in [0.1, 0.15) is 11.7 Å². The standard InChI is InChI=1S/C13H17N5O3/c1-7(2)12-15-16-13(21-12)8(3)14-11(20)9-5-6-10(19)18(4)17-9/h5-8H,1-4H3,(H,14,20). The van der Waals surface area contributed by atoms with Crippen molar-refractivity contribution in [3.8, 4) is 0 Å². The molecule has 8 nitrogen and oxygen atoms in total. The lowest BCUT2D eigenvalue weighted by atomic mass is 10.2. The van der Waals surface area contributed by atoms with Gasteiger partial charge in [-0.15, -0.1) is 10.2 Å². The highest BCUT2D eigenvalue weighted by molar-refractivity contribution is 5.92. The van der Waals surface area contributed by atoms with Gasteiger partial charge >= 0.3 is 0 Å². The average molecular weight is 291 g/mol. The summed E-state index contributed by atoms with van der Waals surface area (Å²) in [6.07, 6.45) is 0. The maximum atomic E-state index is 12.1. The molecule has 2 heterocycles. The molecule has 0 radical (unpaired) electrons. The summed E-state index contributed by atoms with van der Waals surface area (Å²) in [5.41, 5.74) is -0.134. The summed E-state index contributed by atoms with van der Waals surface area (Å²) in [5, 5.41) is 14.4. The van der Waals surface area contributed by atoms with Crippen LogP contribution in [0.5, 0.6) is 0 Å². The molecule has 2 rings (SSSR count). The van der Waals surface area contributed by atoms with Gasteiger partial charge in [-0.05, 0) is 13.0 Å². The Bertz CT molecular complexity index is 704. The number of hydrogen-bond acceptors (Lipinski definition) is 6. The minimum Gasteiger partial charge on any atom is -0.423 e. The molecule has 0 aliphatic rings. The smallest absolute Gasteiger partial charge is 0.272 e. The summed E-state index contributed by atoms with van der Waals surface area (Å²) in [5.74, 6) is 0.560. The molecule has 21 heavy (non-hydrogen) atoms. The highest BCUT2D eigenvalue weighted by Crippen LogP contribution is 2.16. The topological polar surface area (TPSA) is 103 Å². The van der Waals surface area contributed by atoms with Crippen LogP contribution < -0.4 is 10.9 Å². The van der Waals surface area contributed by atoms with Crippen molar-refractivity contribution in [1.82, 2.24) is 25.3 Å². The van der Waals surface area contributed by atoms with E-state index in [0.717, 1.165) is 4.68 Å². The van der Waals surface area contributed by atoms with Crippen LogP contribution in [0.3, 0.4) is 0 Å². The molecule has 0 spiro atoms. The van der Waals surface area contributed by atoms with Gasteiger partial charge in [0.05, 0.1) is 0 Å². The number of carbonyl (C=O) groups is 1. The Kier molecular flexibility index (Phi) is 4.15. The highest BCUT2D eigenvalue weighted by atomic mass is 16.4. The summed E-state index contributed by atoms with van der Waals surface area (Å²) in [4.78, 5) is 23.3. The second-order valence-electron chi connectivity index (χ2n) is 5.01.